The molecule has 0 rings (SSSR count). The number of hydrogen-bond acceptors (Lipinski definition) is 1. The third kappa shape index (κ3) is 4.22. The molecule has 1 heteroatoms. The van der Waals surface area contributed by atoms with Crippen LogP contribution >= 0.6 is 0 Å². The van der Waals surface area contributed by atoms with E-state index < -0.39 is 5.60 Å². The second-order valence-electron chi connectivity index (χ2n) is 2.62. The van der Waals surface area contributed by atoms with E-state index in [-0.39, 0.29) is 0 Å². The maximum Gasteiger partial charge on any atom is 0.0651 e. The molecular weight excluding hydrogens is 112 g/mol. The zero-order chi connectivity index (χ0) is 7.33. The van der Waals surface area contributed by atoms with E-state index in [1.165, 1.54) is 0 Å². The predicted octanol–water partition coefficient (Wildman–Crippen LogP) is 2.11. The largest absolute Gasteiger partial charge is 0.390 e. The Labute approximate surface area is 57.4 Å². The zero-order valence-electron chi connectivity index (χ0n) is 6.52. The number of allylic oxidation sites excluding steroid dienone is 1. The van der Waals surface area contributed by atoms with Crippen molar-refractivity contribution in [3.05, 3.63) is 12.2 Å². The van der Waals surface area contributed by atoms with Gasteiger partial charge >= 0.3 is 0 Å². The van der Waals surface area contributed by atoms with Crippen molar-refractivity contribution in [3.63, 3.8) is 0 Å². The van der Waals surface area contributed by atoms with Gasteiger partial charge in [0.15, 0.2) is 0 Å². The molecule has 1 unspecified atom stereocenters. The molecule has 0 radical (unpaired) electrons. The Morgan fingerprint density at radius 2 is 2.11 bits per heavy atom. The molecule has 0 bridgehead atoms. The van der Waals surface area contributed by atoms with E-state index in [0.717, 1.165) is 12.8 Å². The minimum absolute atomic E-state index is 0.494. The average Bonchev–Trinajstić information content (AvgIpc) is 1.84. The molecule has 0 heterocycles. The smallest absolute Gasteiger partial charge is 0.0651 e. The van der Waals surface area contributed by atoms with Crippen molar-refractivity contribution in [2.75, 3.05) is 0 Å². The highest BCUT2D eigenvalue weighted by Gasteiger charge is 2.13. The fourth-order valence-corrected chi connectivity index (χ4v) is 0.516. The quantitative estimate of drug-likeness (QED) is 0.577. The number of hydrogen-bond donors (Lipinski definition) is 1. The Balaban J connectivity index is 3.58. The van der Waals surface area contributed by atoms with Crippen LogP contribution in [0.2, 0.25) is 0 Å². The molecule has 54 valence electrons. The molecule has 0 aliphatic heterocycles. The lowest BCUT2D eigenvalue weighted by molar-refractivity contribution is 0.0592. The van der Waals surface area contributed by atoms with E-state index in [1.807, 2.05) is 32.9 Å². The minimum atomic E-state index is -0.494. The second-order valence-corrected chi connectivity index (χ2v) is 2.62. The molecule has 9 heavy (non-hydrogen) atoms. The van der Waals surface area contributed by atoms with E-state index in [0.29, 0.717) is 0 Å². The Bertz CT molecular complexity index is 92.7. The van der Waals surface area contributed by atoms with Gasteiger partial charge in [-0.1, -0.05) is 19.1 Å². The van der Waals surface area contributed by atoms with Crippen molar-refractivity contribution in [2.24, 2.45) is 0 Å². The van der Waals surface area contributed by atoms with Crippen molar-refractivity contribution in [1.82, 2.24) is 0 Å². The minimum Gasteiger partial charge on any atom is -0.390 e. The van der Waals surface area contributed by atoms with Gasteiger partial charge in [-0.15, -0.1) is 0 Å². The lowest BCUT2D eigenvalue weighted by Gasteiger charge is -2.18. The number of rotatable bonds is 3. The first kappa shape index (κ1) is 8.70. The summed E-state index contributed by atoms with van der Waals surface area (Å²) in [6.07, 6.45) is 5.53. The topological polar surface area (TPSA) is 20.2 Å². The normalized spacial score (nSPS) is 18.2. The summed E-state index contributed by atoms with van der Waals surface area (Å²) >= 11 is 0. The Kier molecular flexibility index (Phi) is 3.55. The van der Waals surface area contributed by atoms with Gasteiger partial charge in [0.2, 0.25) is 0 Å². The molecule has 0 amide bonds. The summed E-state index contributed by atoms with van der Waals surface area (Å²) in [6.45, 7) is 5.81. The molecule has 0 spiro atoms. The maximum atomic E-state index is 9.40. The van der Waals surface area contributed by atoms with Crippen molar-refractivity contribution in [3.8, 4) is 0 Å². The Hall–Kier alpha value is -0.300. The third-order valence-corrected chi connectivity index (χ3v) is 1.55. The van der Waals surface area contributed by atoms with Crippen LogP contribution in [-0.4, -0.2) is 10.7 Å². The molecule has 0 aromatic carbocycles. The molecule has 0 fully saturated rings. The second kappa shape index (κ2) is 3.67. The van der Waals surface area contributed by atoms with E-state index in [4.69, 9.17) is 0 Å². The Morgan fingerprint density at radius 1 is 1.56 bits per heavy atom. The molecule has 0 aliphatic rings. The number of aliphatic hydroxyl groups is 1. The maximum absolute atomic E-state index is 9.40. The van der Waals surface area contributed by atoms with Crippen molar-refractivity contribution >= 4 is 0 Å². The van der Waals surface area contributed by atoms with Crippen LogP contribution in [0.15, 0.2) is 12.2 Å². The first-order valence-electron chi connectivity index (χ1n) is 3.46. The Morgan fingerprint density at radius 3 is 2.44 bits per heavy atom. The van der Waals surface area contributed by atoms with Gasteiger partial charge in [0, 0.05) is 0 Å². The van der Waals surface area contributed by atoms with Gasteiger partial charge in [0.25, 0.3) is 0 Å². The average molecular weight is 128 g/mol. The monoisotopic (exact) mass is 128 g/mol. The summed E-state index contributed by atoms with van der Waals surface area (Å²) in [5.41, 5.74) is -0.494. The third-order valence-electron chi connectivity index (χ3n) is 1.55. The van der Waals surface area contributed by atoms with Gasteiger partial charge in [-0.3, -0.25) is 0 Å². The van der Waals surface area contributed by atoms with Gasteiger partial charge in [0.1, 0.15) is 0 Å². The van der Waals surface area contributed by atoms with Crippen LogP contribution in [0.25, 0.3) is 0 Å². The highest BCUT2D eigenvalue weighted by atomic mass is 16.3. The molecule has 1 nitrogen and oxygen atoms in total. The summed E-state index contributed by atoms with van der Waals surface area (Å²) in [7, 11) is 0. The van der Waals surface area contributed by atoms with E-state index in [9.17, 15) is 5.11 Å². The van der Waals surface area contributed by atoms with E-state index in [2.05, 4.69) is 0 Å². The summed E-state index contributed by atoms with van der Waals surface area (Å²) in [5.74, 6) is 0. The molecule has 0 aromatic rings. The van der Waals surface area contributed by atoms with Crippen molar-refractivity contribution in [2.45, 2.75) is 39.2 Å². The predicted molar refractivity (Wildman–Crippen MR) is 40.3 cm³/mol. The summed E-state index contributed by atoms with van der Waals surface area (Å²) in [6, 6.07) is 0. The standard InChI is InChI=1S/C8H16O/c1-4-6-7-8(3,9)5-2/h4,6,9H,5,7H2,1-3H3. The van der Waals surface area contributed by atoms with Crippen LogP contribution in [0, 0.1) is 0 Å². The van der Waals surface area contributed by atoms with Crippen LogP contribution in [0.3, 0.4) is 0 Å². The molecule has 1 atom stereocenters. The first-order valence-corrected chi connectivity index (χ1v) is 3.46. The summed E-state index contributed by atoms with van der Waals surface area (Å²) in [4.78, 5) is 0. The van der Waals surface area contributed by atoms with Gasteiger partial charge in [-0.25, -0.2) is 0 Å². The van der Waals surface area contributed by atoms with Gasteiger partial charge in [0.05, 0.1) is 5.60 Å². The SMILES string of the molecule is CC=CCC(C)(O)CC. The molecule has 0 saturated heterocycles. The molecule has 1 N–H and O–H groups in total. The highest BCUT2D eigenvalue weighted by molar-refractivity contribution is 4.85. The van der Waals surface area contributed by atoms with Crippen LogP contribution in [0.4, 0.5) is 0 Å². The summed E-state index contributed by atoms with van der Waals surface area (Å²) in [5, 5.41) is 9.40. The zero-order valence-corrected chi connectivity index (χ0v) is 6.52. The molecule has 0 aromatic heterocycles. The van der Waals surface area contributed by atoms with Gasteiger partial charge in [-0.2, -0.15) is 0 Å². The molecule has 0 aliphatic carbocycles. The molecule has 0 saturated carbocycles. The van der Waals surface area contributed by atoms with Crippen LogP contribution in [-0.2, 0) is 0 Å². The van der Waals surface area contributed by atoms with Gasteiger partial charge in [-0.05, 0) is 26.7 Å². The fraction of sp³-hybridized carbons (Fsp3) is 0.750. The van der Waals surface area contributed by atoms with E-state index >= 15 is 0 Å². The fourth-order valence-electron chi connectivity index (χ4n) is 0.516. The first-order chi connectivity index (χ1) is 4.12. The van der Waals surface area contributed by atoms with Crippen molar-refractivity contribution < 1.29 is 5.11 Å². The summed E-state index contributed by atoms with van der Waals surface area (Å²) < 4.78 is 0. The van der Waals surface area contributed by atoms with E-state index in [1.54, 1.807) is 0 Å². The van der Waals surface area contributed by atoms with Crippen molar-refractivity contribution in [1.29, 1.82) is 0 Å². The van der Waals surface area contributed by atoms with Gasteiger partial charge < -0.3 is 5.11 Å². The van der Waals surface area contributed by atoms with Crippen LogP contribution < -0.4 is 0 Å². The van der Waals surface area contributed by atoms with Crippen LogP contribution in [0.5, 0.6) is 0 Å². The highest BCUT2D eigenvalue weighted by Crippen LogP contribution is 2.13. The lowest BCUT2D eigenvalue weighted by Crippen LogP contribution is -2.20. The molecular formula is C8H16O. The van der Waals surface area contributed by atoms with Crippen LogP contribution in [0.1, 0.15) is 33.6 Å². The lowest BCUT2D eigenvalue weighted by atomic mass is 9.99.